The van der Waals surface area contributed by atoms with Gasteiger partial charge in [0.25, 0.3) is 0 Å². The topological polar surface area (TPSA) is 88.7 Å². The fourth-order valence-electron chi connectivity index (χ4n) is 1.22. The SMILES string of the molecule is CCC(C#N)NC(=O)Nc1cccc(C#N)c1. The second-order valence-corrected chi connectivity index (χ2v) is 3.38. The van der Waals surface area contributed by atoms with Crippen LogP contribution in [0.4, 0.5) is 10.5 Å². The van der Waals surface area contributed by atoms with Crippen molar-refractivity contribution in [3.05, 3.63) is 29.8 Å². The van der Waals surface area contributed by atoms with E-state index in [0.717, 1.165) is 0 Å². The van der Waals surface area contributed by atoms with Crippen LogP contribution in [0.25, 0.3) is 0 Å². The van der Waals surface area contributed by atoms with E-state index in [1.54, 1.807) is 24.3 Å². The number of benzene rings is 1. The highest BCUT2D eigenvalue weighted by atomic mass is 16.2. The molecule has 2 N–H and O–H groups in total. The lowest BCUT2D eigenvalue weighted by Crippen LogP contribution is -2.36. The van der Waals surface area contributed by atoms with Gasteiger partial charge in [0.2, 0.25) is 0 Å². The number of nitriles is 2. The van der Waals surface area contributed by atoms with Gasteiger partial charge >= 0.3 is 6.03 Å². The first-order valence-electron chi connectivity index (χ1n) is 5.17. The number of rotatable bonds is 3. The maximum absolute atomic E-state index is 11.5. The Morgan fingerprint density at radius 1 is 1.47 bits per heavy atom. The van der Waals surface area contributed by atoms with Gasteiger partial charge < -0.3 is 10.6 Å². The van der Waals surface area contributed by atoms with Crippen molar-refractivity contribution in [1.82, 2.24) is 5.32 Å². The molecular formula is C12H12N4O. The molecule has 0 aliphatic carbocycles. The van der Waals surface area contributed by atoms with Crippen LogP contribution in [-0.2, 0) is 0 Å². The van der Waals surface area contributed by atoms with Crippen LogP contribution in [0.15, 0.2) is 24.3 Å². The third-order valence-corrected chi connectivity index (χ3v) is 2.12. The fourth-order valence-corrected chi connectivity index (χ4v) is 1.22. The molecule has 1 aromatic carbocycles. The van der Waals surface area contributed by atoms with Gasteiger partial charge in [-0.3, -0.25) is 0 Å². The molecule has 1 rings (SSSR count). The van der Waals surface area contributed by atoms with E-state index >= 15 is 0 Å². The van der Waals surface area contributed by atoms with E-state index in [-0.39, 0.29) is 0 Å². The summed E-state index contributed by atoms with van der Waals surface area (Å²) in [5, 5.41) is 22.5. The second kappa shape index (κ2) is 6.14. The van der Waals surface area contributed by atoms with E-state index in [0.29, 0.717) is 17.7 Å². The Morgan fingerprint density at radius 2 is 2.24 bits per heavy atom. The Hall–Kier alpha value is -2.53. The van der Waals surface area contributed by atoms with Crippen LogP contribution >= 0.6 is 0 Å². The van der Waals surface area contributed by atoms with E-state index in [2.05, 4.69) is 10.6 Å². The fraction of sp³-hybridized carbons (Fsp3) is 0.250. The van der Waals surface area contributed by atoms with E-state index in [9.17, 15) is 4.79 Å². The number of carbonyl (C=O) groups is 1. The molecule has 0 saturated heterocycles. The minimum absolute atomic E-state index is 0.450. The Labute approximate surface area is 99.7 Å². The molecular weight excluding hydrogens is 216 g/mol. The number of hydrogen-bond donors (Lipinski definition) is 2. The van der Waals surface area contributed by atoms with Crippen LogP contribution < -0.4 is 10.6 Å². The van der Waals surface area contributed by atoms with E-state index in [1.807, 2.05) is 19.1 Å². The van der Waals surface area contributed by atoms with Crippen LogP contribution in [0, 0.1) is 22.7 Å². The molecule has 0 aliphatic rings. The van der Waals surface area contributed by atoms with Gasteiger partial charge in [-0.05, 0) is 24.6 Å². The largest absolute Gasteiger partial charge is 0.322 e. The summed E-state index contributed by atoms with van der Waals surface area (Å²) in [6, 6.07) is 9.55. The first-order valence-corrected chi connectivity index (χ1v) is 5.17. The zero-order valence-electron chi connectivity index (χ0n) is 9.40. The zero-order valence-corrected chi connectivity index (χ0v) is 9.40. The van der Waals surface area contributed by atoms with Gasteiger partial charge in [0.15, 0.2) is 0 Å². The molecule has 0 heterocycles. The molecule has 0 aromatic heterocycles. The first kappa shape index (κ1) is 12.5. The predicted molar refractivity (Wildman–Crippen MR) is 63.0 cm³/mol. The van der Waals surface area contributed by atoms with E-state index in [4.69, 9.17) is 10.5 Å². The van der Waals surface area contributed by atoms with Gasteiger partial charge in [-0.25, -0.2) is 4.79 Å². The molecule has 5 heteroatoms. The summed E-state index contributed by atoms with van der Waals surface area (Å²) in [6.07, 6.45) is 0.544. The average molecular weight is 228 g/mol. The molecule has 1 unspecified atom stereocenters. The zero-order chi connectivity index (χ0) is 12.7. The average Bonchev–Trinajstić information content (AvgIpc) is 2.36. The minimum Gasteiger partial charge on any atom is -0.322 e. The van der Waals surface area contributed by atoms with Crippen molar-refractivity contribution in [3.8, 4) is 12.1 Å². The molecule has 0 aliphatic heterocycles. The molecule has 5 nitrogen and oxygen atoms in total. The molecule has 0 spiro atoms. The predicted octanol–water partition coefficient (Wildman–Crippen LogP) is 1.98. The van der Waals surface area contributed by atoms with E-state index in [1.165, 1.54) is 0 Å². The van der Waals surface area contributed by atoms with Gasteiger partial charge in [0.05, 0.1) is 17.7 Å². The molecule has 0 radical (unpaired) electrons. The van der Waals surface area contributed by atoms with Gasteiger partial charge in [0.1, 0.15) is 6.04 Å². The van der Waals surface area contributed by atoms with Crippen molar-refractivity contribution in [2.45, 2.75) is 19.4 Å². The maximum atomic E-state index is 11.5. The standard InChI is InChI=1S/C12H12N4O/c1-2-10(8-14)15-12(17)16-11-5-3-4-9(6-11)7-13/h3-6,10H,2H2,1H3,(H2,15,16,17). The van der Waals surface area contributed by atoms with Gasteiger partial charge in [-0.2, -0.15) is 10.5 Å². The van der Waals surface area contributed by atoms with Crippen molar-refractivity contribution in [2.24, 2.45) is 0 Å². The summed E-state index contributed by atoms with van der Waals surface area (Å²) in [7, 11) is 0. The molecule has 0 fully saturated rings. The summed E-state index contributed by atoms with van der Waals surface area (Å²) in [5.41, 5.74) is 0.990. The summed E-state index contributed by atoms with van der Waals surface area (Å²) in [5.74, 6) is 0. The lowest BCUT2D eigenvalue weighted by Gasteiger charge is -2.10. The Kier molecular flexibility index (Phi) is 4.53. The summed E-state index contributed by atoms with van der Waals surface area (Å²) in [6.45, 7) is 1.81. The highest BCUT2D eigenvalue weighted by Crippen LogP contribution is 2.09. The number of nitrogens with one attached hydrogen (secondary N) is 2. The number of nitrogens with zero attached hydrogens (tertiary/aromatic N) is 2. The van der Waals surface area contributed by atoms with Crippen LogP contribution in [0.3, 0.4) is 0 Å². The monoisotopic (exact) mass is 228 g/mol. The molecule has 17 heavy (non-hydrogen) atoms. The molecule has 0 saturated carbocycles. The number of carbonyl (C=O) groups excluding carboxylic acids is 1. The number of hydrogen-bond acceptors (Lipinski definition) is 3. The lowest BCUT2D eigenvalue weighted by molar-refractivity contribution is 0.250. The molecule has 1 aromatic rings. The van der Waals surface area contributed by atoms with Crippen LogP contribution in [-0.4, -0.2) is 12.1 Å². The highest BCUT2D eigenvalue weighted by Gasteiger charge is 2.08. The summed E-state index contributed by atoms with van der Waals surface area (Å²) in [4.78, 5) is 11.5. The summed E-state index contributed by atoms with van der Waals surface area (Å²) >= 11 is 0. The molecule has 2 amide bonds. The van der Waals surface area contributed by atoms with Crippen LogP contribution in [0.1, 0.15) is 18.9 Å². The molecule has 1 atom stereocenters. The van der Waals surface area contributed by atoms with Crippen molar-refractivity contribution in [3.63, 3.8) is 0 Å². The second-order valence-electron chi connectivity index (χ2n) is 3.38. The summed E-state index contributed by atoms with van der Waals surface area (Å²) < 4.78 is 0. The quantitative estimate of drug-likeness (QED) is 0.828. The van der Waals surface area contributed by atoms with Crippen LogP contribution in [0.2, 0.25) is 0 Å². The molecule has 86 valence electrons. The highest BCUT2D eigenvalue weighted by molar-refractivity contribution is 5.89. The van der Waals surface area contributed by atoms with Crippen molar-refractivity contribution in [1.29, 1.82) is 10.5 Å². The Bertz CT molecular complexity index is 484. The number of urea groups is 1. The lowest BCUT2D eigenvalue weighted by atomic mass is 10.2. The smallest absolute Gasteiger partial charge is 0.320 e. The van der Waals surface area contributed by atoms with Gasteiger partial charge in [-0.1, -0.05) is 13.0 Å². The van der Waals surface area contributed by atoms with E-state index < -0.39 is 12.1 Å². The normalized spacial score (nSPS) is 10.8. The Balaban J connectivity index is 2.63. The Morgan fingerprint density at radius 3 is 2.82 bits per heavy atom. The first-order chi connectivity index (χ1) is 8.19. The molecule has 0 bridgehead atoms. The number of anilines is 1. The van der Waals surface area contributed by atoms with Crippen molar-refractivity contribution < 1.29 is 4.79 Å². The maximum Gasteiger partial charge on any atom is 0.320 e. The van der Waals surface area contributed by atoms with Crippen LogP contribution in [0.5, 0.6) is 0 Å². The van der Waals surface area contributed by atoms with Crippen molar-refractivity contribution in [2.75, 3.05) is 5.32 Å². The number of amides is 2. The van der Waals surface area contributed by atoms with Crippen molar-refractivity contribution >= 4 is 11.7 Å². The van der Waals surface area contributed by atoms with Gasteiger partial charge in [-0.15, -0.1) is 0 Å². The minimum atomic E-state index is -0.505. The third-order valence-electron chi connectivity index (χ3n) is 2.12. The third kappa shape index (κ3) is 3.84. The van der Waals surface area contributed by atoms with Gasteiger partial charge in [0, 0.05) is 5.69 Å².